The van der Waals surface area contributed by atoms with Gasteiger partial charge in [-0.3, -0.25) is 4.79 Å². The summed E-state index contributed by atoms with van der Waals surface area (Å²) in [6, 6.07) is 5.42. The molecule has 1 aromatic carbocycles. The summed E-state index contributed by atoms with van der Waals surface area (Å²) in [5.74, 6) is -0.806. The zero-order chi connectivity index (χ0) is 14.6. The molecular weight excluding hydrogens is 308 g/mol. The van der Waals surface area contributed by atoms with Crippen molar-refractivity contribution in [1.82, 2.24) is 0 Å². The fraction of sp³-hybridized carbons (Fsp3) is 0.364. The van der Waals surface area contributed by atoms with Crippen LogP contribution in [0.4, 0.5) is 10.1 Å². The predicted molar refractivity (Wildman–Crippen MR) is 80.2 cm³/mol. The molecule has 19 heavy (non-hydrogen) atoms. The van der Waals surface area contributed by atoms with Crippen LogP contribution in [0.5, 0.6) is 0 Å². The molecule has 0 saturated carbocycles. The lowest BCUT2D eigenvalue weighted by Gasteiger charge is -2.27. The van der Waals surface area contributed by atoms with Crippen molar-refractivity contribution in [3.05, 3.63) is 30.1 Å². The summed E-state index contributed by atoms with van der Waals surface area (Å²) in [7, 11) is 0. The average Bonchev–Trinajstić information content (AvgIpc) is 2.28. The van der Waals surface area contributed by atoms with Crippen LogP contribution >= 0.6 is 17.1 Å². The number of anilines is 1. The van der Waals surface area contributed by atoms with Gasteiger partial charge in [0.25, 0.3) is 0 Å². The van der Waals surface area contributed by atoms with Gasteiger partial charge in [0.05, 0.1) is 5.75 Å². The number of halogens is 1. The molecule has 0 heterocycles. The molecule has 1 rings (SSSR count). The van der Waals surface area contributed by atoms with E-state index in [4.69, 9.17) is 9.79 Å². The quantitative estimate of drug-likeness (QED) is 0.815. The maximum absolute atomic E-state index is 12.9. The predicted octanol–water partition coefficient (Wildman–Crippen LogP) is 2.51. The van der Waals surface area contributed by atoms with Crippen LogP contribution in [0.3, 0.4) is 0 Å². The van der Waals surface area contributed by atoms with Gasteiger partial charge in [-0.15, -0.1) is 0 Å². The van der Waals surface area contributed by atoms with Gasteiger partial charge < -0.3 is 14.7 Å². The fourth-order valence-corrected chi connectivity index (χ4v) is 3.27. The third kappa shape index (κ3) is 5.58. The lowest BCUT2D eigenvalue weighted by molar-refractivity contribution is -0.116. The molecular formula is C11H15FNO3PS2. The summed E-state index contributed by atoms with van der Waals surface area (Å²) in [4.78, 5) is 31.8. The van der Waals surface area contributed by atoms with Crippen molar-refractivity contribution < 1.29 is 19.0 Å². The van der Waals surface area contributed by atoms with Gasteiger partial charge in [-0.05, 0) is 49.9 Å². The number of benzene rings is 1. The molecule has 0 bridgehead atoms. The zero-order valence-electron chi connectivity index (χ0n) is 10.5. The molecule has 0 radical (unpaired) electrons. The van der Waals surface area contributed by atoms with E-state index in [-0.39, 0.29) is 23.5 Å². The standard InChI is InChI=1S/C11H15FNO3PS2/c1-8(2)13(10-5-3-9(12)4-6-10)11(14)7-19-17(15,16)18/h3-6,8H,7H2,1-2H3,(H2,15,16,18). The third-order valence-corrected chi connectivity index (χ3v) is 5.30. The molecule has 0 aliphatic heterocycles. The summed E-state index contributed by atoms with van der Waals surface area (Å²) in [5.41, 5.74) is -2.89. The van der Waals surface area contributed by atoms with Crippen molar-refractivity contribution in [2.45, 2.75) is 19.9 Å². The number of rotatable bonds is 5. The Morgan fingerprint density at radius 1 is 1.42 bits per heavy atom. The van der Waals surface area contributed by atoms with Crippen LogP contribution in [0.1, 0.15) is 13.8 Å². The summed E-state index contributed by atoms with van der Waals surface area (Å²) in [6.07, 6.45) is 0. The minimum atomic E-state index is -3.45. The highest BCUT2D eigenvalue weighted by Crippen LogP contribution is 2.50. The second kappa shape index (κ2) is 6.81. The fourth-order valence-electron chi connectivity index (χ4n) is 1.54. The maximum Gasteiger partial charge on any atom is 0.242 e. The molecule has 106 valence electrons. The number of amides is 1. The smallest absolute Gasteiger partial charge is 0.242 e. The number of carbonyl (C=O) groups is 1. The molecule has 0 saturated heterocycles. The van der Waals surface area contributed by atoms with E-state index in [2.05, 4.69) is 11.8 Å². The van der Waals surface area contributed by atoms with E-state index in [1.54, 1.807) is 0 Å². The first-order valence-corrected chi connectivity index (χ1v) is 9.78. The van der Waals surface area contributed by atoms with Crippen molar-refractivity contribution in [3.63, 3.8) is 0 Å². The van der Waals surface area contributed by atoms with E-state index in [0.717, 1.165) is 0 Å². The summed E-state index contributed by atoms with van der Waals surface area (Å²) >= 11 is 5.11. The van der Waals surface area contributed by atoms with Gasteiger partial charge in [-0.2, -0.15) is 0 Å². The topological polar surface area (TPSA) is 60.8 Å². The molecule has 0 aliphatic carbocycles. The van der Waals surface area contributed by atoms with Crippen LogP contribution in [-0.4, -0.2) is 27.5 Å². The van der Waals surface area contributed by atoms with Crippen molar-refractivity contribution in [2.24, 2.45) is 0 Å². The molecule has 1 aromatic rings. The Morgan fingerprint density at radius 3 is 2.37 bits per heavy atom. The largest absolute Gasteiger partial charge is 0.338 e. The highest BCUT2D eigenvalue weighted by atomic mass is 32.9. The average molecular weight is 323 g/mol. The van der Waals surface area contributed by atoms with E-state index >= 15 is 0 Å². The van der Waals surface area contributed by atoms with Crippen LogP contribution in [-0.2, 0) is 16.6 Å². The van der Waals surface area contributed by atoms with E-state index in [1.165, 1.54) is 29.2 Å². The Bertz CT molecular complexity index is 489. The van der Waals surface area contributed by atoms with Crippen molar-refractivity contribution in [2.75, 3.05) is 10.7 Å². The maximum atomic E-state index is 12.9. The second-order valence-corrected chi connectivity index (χ2v) is 10.1. The Hall–Kier alpha value is -0.460. The van der Waals surface area contributed by atoms with Gasteiger partial charge >= 0.3 is 0 Å². The van der Waals surface area contributed by atoms with Crippen LogP contribution in [0.15, 0.2) is 24.3 Å². The van der Waals surface area contributed by atoms with Crippen molar-refractivity contribution in [1.29, 1.82) is 0 Å². The Kier molecular flexibility index (Phi) is 5.95. The Morgan fingerprint density at radius 2 is 1.95 bits per heavy atom. The van der Waals surface area contributed by atoms with Gasteiger partial charge in [-0.25, -0.2) is 4.39 Å². The number of hydrogen-bond acceptors (Lipinski definition) is 3. The monoisotopic (exact) mass is 323 g/mol. The second-order valence-electron chi connectivity index (χ2n) is 4.10. The molecule has 0 fully saturated rings. The first-order chi connectivity index (χ1) is 8.70. The van der Waals surface area contributed by atoms with Crippen molar-refractivity contribution in [3.8, 4) is 0 Å². The molecule has 0 unspecified atom stereocenters. The normalized spacial score (nSPS) is 11.7. The first-order valence-electron chi connectivity index (χ1n) is 5.48. The molecule has 2 N–H and O–H groups in total. The summed E-state index contributed by atoms with van der Waals surface area (Å²) in [6.45, 7) is 3.64. The molecule has 8 heteroatoms. The molecule has 0 aromatic heterocycles. The first kappa shape index (κ1) is 16.6. The summed E-state index contributed by atoms with van der Waals surface area (Å²) < 4.78 is 12.9. The molecule has 4 nitrogen and oxygen atoms in total. The van der Waals surface area contributed by atoms with E-state index in [0.29, 0.717) is 17.1 Å². The molecule has 0 atom stereocenters. The minimum absolute atomic E-state index is 0.125. The van der Waals surface area contributed by atoms with E-state index < -0.39 is 5.69 Å². The summed E-state index contributed by atoms with van der Waals surface area (Å²) in [5, 5.41) is 0. The number of carbonyl (C=O) groups excluding carboxylic acids is 1. The molecule has 0 spiro atoms. The third-order valence-electron chi connectivity index (χ3n) is 2.25. The molecule has 0 aliphatic rings. The lowest BCUT2D eigenvalue weighted by Crippen LogP contribution is -2.38. The highest BCUT2D eigenvalue weighted by molar-refractivity contribution is 8.67. The van der Waals surface area contributed by atoms with E-state index in [9.17, 15) is 9.18 Å². The van der Waals surface area contributed by atoms with Crippen LogP contribution in [0.2, 0.25) is 0 Å². The van der Waals surface area contributed by atoms with E-state index in [1.807, 2.05) is 13.8 Å². The van der Waals surface area contributed by atoms with Gasteiger partial charge in [-0.1, -0.05) is 11.4 Å². The van der Waals surface area contributed by atoms with Gasteiger partial charge in [0.2, 0.25) is 11.6 Å². The van der Waals surface area contributed by atoms with Crippen LogP contribution < -0.4 is 4.90 Å². The Labute approximate surface area is 120 Å². The van der Waals surface area contributed by atoms with Crippen LogP contribution in [0, 0.1) is 5.82 Å². The van der Waals surface area contributed by atoms with Gasteiger partial charge in [0.15, 0.2) is 0 Å². The highest BCUT2D eigenvalue weighted by Gasteiger charge is 2.21. The van der Waals surface area contributed by atoms with Gasteiger partial charge in [0, 0.05) is 11.7 Å². The SMILES string of the molecule is CC(C)N(C(=O)CSP(O)(O)=S)c1ccc(F)cc1. The lowest BCUT2D eigenvalue weighted by atomic mass is 10.2. The van der Waals surface area contributed by atoms with Crippen molar-refractivity contribution >= 4 is 40.5 Å². The Balaban J connectivity index is 2.86. The zero-order valence-corrected chi connectivity index (χ0v) is 13.0. The number of nitrogens with zero attached hydrogens (tertiary/aromatic N) is 1. The number of hydrogen-bond donors (Lipinski definition) is 2. The van der Waals surface area contributed by atoms with Gasteiger partial charge in [0.1, 0.15) is 5.82 Å². The molecule has 1 amide bonds. The van der Waals surface area contributed by atoms with Crippen LogP contribution in [0.25, 0.3) is 0 Å². The minimum Gasteiger partial charge on any atom is -0.338 e.